The third kappa shape index (κ3) is 6.28. The first-order valence-corrected chi connectivity index (χ1v) is 8.37. The summed E-state index contributed by atoms with van der Waals surface area (Å²) >= 11 is 17.3. The molecule has 0 saturated carbocycles. The molecule has 0 atom stereocenters. The van der Waals surface area contributed by atoms with Crippen molar-refractivity contribution in [1.29, 1.82) is 0 Å². The molecule has 0 aliphatic carbocycles. The van der Waals surface area contributed by atoms with Gasteiger partial charge < -0.3 is 14.8 Å². The molecule has 142 valence electrons. The first-order valence-electron chi connectivity index (χ1n) is 7.23. The lowest BCUT2D eigenvalue weighted by Gasteiger charge is -2.09. The summed E-state index contributed by atoms with van der Waals surface area (Å²) in [6.07, 6.45) is 0. The predicted molar refractivity (Wildman–Crippen MR) is 99.7 cm³/mol. The lowest BCUT2D eigenvalue weighted by atomic mass is 10.3. The van der Waals surface area contributed by atoms with Gasteiger partial charge in [-0.1, -0.05) is 34.8 Å². The van der Waals surface area contributed by atoms with Crippen molar-refractivity contribution in [3.8, 4) is 5.75 Å². The highest BCUT2D eigenvalue weighted by atomic mass is 35.5. The quantitative estimate of drug-likeness (QED) is 0.400. The Kier molecular flexibility index (Phi) is 7.23. The Morgan fingerprint density at radius 3 is 2.44 bits per heavy atom. The molecular formula is C16H11Cl3N2O6. The molecule has 0 spiro atoms. The zero-order chi connectivity index (χ0) is 20.0. The summed E-state index contributed by atoms with van der Waals surface area (Å²) in [6.45, 7) is -1.08. The number of amides is 1. The van der Waals surface area contributed by atoms with Gasteiger partial charge in [-0.15, -0.1) is 0 Å². The summed E-state index contributed by atoms with van der Waals surface area (Å²) in [7, 11) is 0. The molecule has 0 aromatic heterocycles. The number of carbonyl (C=O) groups excluding carboxylic acids is 2. The average Bonchev–Trinajstić information content (AvgIpc) is 2.60. The van der Waals surface area contributed by atoms with Crippen molar-refractivity contribution in [1.82, 2.24) is 0 Å². The number of benzene rings is 2. The van der Waals surface area contributed by atoms with E-state index in [-0.39, 0.29) is 27.2 Å². The van der Waals surface area contributed by atoms with Crippen LogP contribution in [0.15, 0.2) is 36.4 Å². The van der Waals surface area contributed by atoms with E-state index in [4.69, 9.17) is 44.3 Å². The van der Waals surface area contributed by atoms with E-state index in [1.165, 1.54) is 30.3 Å². The average molecular weight is 434 g/mol. The number of hydrogen-bond donors (Lipinski definition) is 1. The van der Waals surface area contributed by atoms with Crippen molar-refractivity contribution in [2.75, 3.05) is 18.5 Å². The van der Waals surface area contributed by atoms with Gasteiger partial charge >= 0.3 is 5.97 Å². The maximum absolute atomic E-state index is 11.8. The van der Waals surface area contributed by atoms with Gasteiger partial charge in [-0.3, -0.25) is 14.9 Å². The third-order valence-corrected chi connectivity index (χ3v) is 3.88. The molecule has 0 aliphatic heterocycles. The molecule has 0 bridgehead atoms. The van der Waals surface area contributed by atoms with Crippen LogP contribution < -0.4 is 10.1 Å². The second kappa shape index (κ2) is 9.40. The van der Waals surface area contributed by atoms with Gasteiger partial charge in [0.2, 0.25) is 0 Å². The van der Waals surface area contributed by atoms with Gasteiger partial charge in [0.05, 0.1) is 9.95 Å². The van der Waals surface area contributed by atoms with Crippen molar-refractivity contribution in [3.63, 3.8) is 0 Å². The van der Waals surface area contributed by atoms with E-state index in [1.807, 2.05) is 0 Å². The van der Waals surface area contributed by atoms with Gasteiger partial charge in [-0.2, -0.15) is 0 Å². The Hall–Kier alpha value is -2.55. The molecular weight excluding hydrogens is 423 g/mol. The summed E-state index contributed by atoms with van der Waals surface area (Å²) in [5, 5.41) is 13.7. The summed E-state index contributed by atoms with van der Waals surface area (Å²) in [5.41, 5.74) is -0.226. The Morgan fingerprint density at radius 2 is 1.78 bits per heavy atom. The maximum atomic E-state index is 11.8. The van der Waals surface area contributed by atoms with E-state index in [1.54, 1.807) is 0 Å². The van der Waals surface area contributed by atoms with Crippen LogP contribution in [0.3, 0.4) is 0 Å². The molecule has 2 aromatic carbocycles. The molecule has 0 fully saturated rings. The van der Waals surface area contributed by atoms with Gasteiger partial charge in [0.25, 0.3) is 11.6 Å². The minimum atomic E-state index is -0.807. The van der Waals surface area contributed by atoms with E-state index in [2.05, 4.69) is 5.32 Å². The van der Waals surface area contributed by atoms with Gasteiger partial charge in [0, 0.05) is 16.8 Å². The highest BCUT2D eigenvalue weighted by Gasteiger charge is 2.15. The molecule has 8 nitrogen and oxygen atoms in total. The normalized spacial score (nSPS) is 10.2. The van der Waals surface area contributed by atoms with Crippen molar-refractivity contribution < 1.29 is 24.0 Å². The zero-order valence-corrected chi connectivity index (χ0v) is 15.7. The van der Waals surface area contributed by atoms with Crippen LogP contribution in [0.4, 0.5) is 11.4 Å². The molecule has 0 unspecified atom stereocenters. The summed E-state index contributed by atoms with van der Waals surface area (Å²) in [4.78, 5) is 33.5. The lowest BCUT2D eigenvalue weighted by Crippen LogP contribution is -2.23. The fourth-order valence-corrected chi connectivity index (χ4v) is 2.49. The molecule has 1 N–H and O–H groups in total. The molecule has 0 radical (unpaired) electrons. The Morgan fingerprint density at radius 1 is 1.04 bits per heavy atom. The van der Waals surface area contributed by atoms with Crippen molar-refractivity contribution >= 4 is 58.1 Å². The van der Waals surface area contributed by atoms with E-state index in [0.717, 1.165) is 6.07 Å². The number of anilines is 1. The minimum Gasteiger partial charge on any atom is -0.480 e. The number of esters is 1. The van der Waals surface area contributed by atoms with E-state index >= 15 is 0 Å². The van der Waals surface area contributed by atoms with Gasteiger partial charge in [0.15, 0.2) is 13.2 Å². The van der Waals surface area contributed by atoms with Crippen LogP contribution in [0, 0.1) is 10.1 Å². The van der Waals surface area contributed by atoms with E-state index < -0.39 is 30.0 Å². The molecule has 2 rings (SSSR count). The predicted octanol–water partition coefficient (Wildman–Crippen LogP) is 4.12. The highest BCUT2D eigenvalue weighted by molar-refractivity contribution is 6.35. The van der Waals surface area contributed by atoms with Crippen molar-refractivity contribution in [2.45, 2.75) is 0 Å². The van der Waals surface area contributed by atoms with Crippen LogP contribution in [0.1, 0.15) is 0 Å². The molecule has 11 heteroatoms. The second-order valence-electron chi connectivity index (χ2n) is 5.00. The standard InChI is InChI=1S/C16H11Cl3N2O6/c17-9-1-4-14(12(19)5-9)26-8-16(23)27-7-15(22)20-10-2-3-11(18)13(6-10)21(24)25/h1-6H,7-8H2,(H,20,22). The largest absolute Gasteiger partial charge is 0.480 e. The molecule has 0 aliphatic rings. The maximum Gasteiger partial charge on any atom is 0.344 e. The number of nitro benzene ring substituents is 1. The molecule has 0 heterocycles. The fourth-order valence-electron chi connectivity index (χ4n) is 1.84. The van der Waals surface area contributed by atoms with Crippen LogP contribution in [0.5, 0.6) is 5.75 Å². The van der Waals surface area contributed by atoms with Crippen LogP contribution in [0.25, 0.3) is 0 Å². The zero-order valence-electron chi connectivity index (χ0n) is 13.4. The van der Waals surface area contributed by atoms with E-state index in [9.17, 15) is 19.7 Å². The number of hydrogen-bond acceptors (Lipinski definition) is 6. The van der Waals surface area contributed by atoms with Crippen LogP contribution in [-0.2, 0) is 14.3 Å². The first-order chi connectivity index (χ1) is 12.8. The number of rotatable bonds is 7. The number of ether oxygens (including phenoxy) is 2. The third-order valence-electron chi connectivity index (χ3n) is 3.03. The van der Waals surface area contributed by atoms with Crippen LogP contribution in [0.2, 0.25) is 15.1 Å². The topological polar surface area (TPSA) is 108 Å². The molecule has 1 amide bonds. The molecule has 27 heavy (non-hydrogen) atoms. The SMILES string of the molecule is O=C(COC(=O)COc1ccc(Cl)cc1Cl)Nc1ccc(Cl)c([N+](=O)[O-])c1. The van der Waals surface area contributed by atoms with Gasteiger partial charge in [-0.05, 0) is 30.3 Å². The Balaban J connectivity index is 1.82. The van der Waals surface area contributed by atoms with Crippen LogP contribution in [-0.4, -0.2) is 30.0 Å². The number of nitro groups is 1. The van der Waals surface area contributed by atoms with E-state index in [0.29, 0.717) is 5.02 Å². The fraction of sp³-hybridized carbons (Fsp3) is 0.125. The summed E-state index contributed by atoms with van der Waals surface area (Å²) < 4.78 is 9.93. The minimum absolute atomic E-state index is 0.0672. The molecule has 2 aromatic rings. The number of carbonyl (C=O) groups is 2. The van der Waals surface area contributed by atoms with Crippen LogP contribution >= 0.6 is 34.8 Å². The Bertz CT molecular complexity index is 890. The first kappa shape index (κ1) is 20.8. The number of nitrogens with zero attached hydrogens (tertiary/aromatic N) is 1. The number of nitrogens with one attached hydrogen (secondary N) is 1. The van der Waals surface area contributed by atoms with Gasteiger partial charge in [0.1, 0.15) is 10.8 Å². The molecule has 0 saturated heterocycles. The second-order valence-corrected chi connectivity index (χ2v) is 6.25. The summed E-state index contributed by atoms with van der Waals surface area (Å²) in [5.74, 6) is -1.27. The summed E-state index contributed by atoms with van der Waals surface area (Å²) in [6, 6.07) is 8.20. The smallest absolute Gasteiger partial charge is 0.344 e. The highest BCUT2D eigenvalue weighted by Crippen LogP contribution is 2.28. The Labute approximate surface area is 168 Å². The van der Waals surface area contributed by atoms with Crippen molar-refractivity contribution in [2.24, 2.45) is 0 Å². The lowest BCUT2D eigenvalue weighted by molar-refractivity contribution is -0.384. The number of halogens is 3. The van der Waals surface area contributed by atoms with Gasteiger partial charge in [-0.25, -0.2) is 4.79 Å². The monoisotopic (exact) mass is 432 g/mol. The van der Waals surface area contributed by atoms with Crippen molar-refractivity contribution in [3.05, 3.63) is 61.6 Å².